The van der Waals surface area contributed by atoms with Gasteiger partial charge in [-0.3, -0.25) is 4.79 Å². The zero-order chi connectivity index (χ0) is 12.3. The molecular weight excluding hydrogens is 234 g/mol. The molecule has 1 atom stereocenters. The van der Waals surface area contributed by atoms with Crippen LogP contribution in [0.5, 0.6) is 0 Å². The molecule has 1 fully saturated rings. The highest BCUT2D eigenvalue weighted by molar-refractivity contribution is 7.13. The average molecular weight is 253 g/mol. The van der Waals surface area contributed by atoms with Crippen LogP contribution < -0.4 is 10.2 Å². The molecule has 5 heteroatoms. The van der Waals surface area contributed by atoms with Gasteiger partial charge in [-0.2, -0.15) is 0 Å². The topological polar surface area (TPSA) is 45.2 Å². The predicted molar refractivity (Wildman–Crippen MR) is 70.7 cm³/mol. The van der Waals surface area contributed by atoms with Crippen LogP contribution in [-0.4, -0.2) is 30.5 Å². The van der Waals surface area contributed by atoms with Gasteiger partial charge in [-0.15, -0.1) is 11.3 Å². The Labute approximate surface area is 106 Å². The summed E-state index contributed by atoms with van der Waals surface area (Å²) in [7, 11) is 0. The van der Waals surface area contributed by atoms with Crippen molar-refractivity contribution >= 4 is 22.4 Å². The Kier molecular flexibility index (Phi) is 3.99. The molecule has 94 valence electrons. The first kappa shape index (κ1) is 12.4. The summed E-state index contributed by atoms with van der Waals surface area (Å²) >= 11 is 1.57. The summed E-state index contributed by atoms with van der Waals surface area (Å²) < 4.78 is 0. The van der Waals surface area contributed by atoms with Crippen LogP contribution in [0.15, 0.2) is 5.38 Å². The molecule has 1 aromatic heterocycles. The molecule has 0 saturated carbocycles. The highest BCUT2D eigenvalue weighted by atomic mass is 32.1. The Balaban J connectivity index is 2.04. The molecule has 0 bridgehead atoms. The molecule has 2 rings (SSSR count). The summed E-state index contributed by atoms with van der Waals surface area (Å²) in [6.07, 6.45) is 2.52. The largest absolute Gasteiger partial charge is 0.351 e. The molecule has 1 aliphatic heterocycles. The minimum atomic E-state index is -0.0694. The molecule has 17 heavy (non-hydrogen) atoms. The van der Waals surface area contributed by atoms with Gasteiger partial charge in [-0.25, -0.2) is 4.98 Å². The maximum atomic E-state index is 11.6. The van der Waals surface area contributed by atoms with Crippen molar-refractivity contribution in [3.05, 3.63) is 11.1 Å². The van der Waals surface area contributed by atoms with E-state index in [4.69, 9.17) is 0 Å². The van der Waals surface area contributed by atoms with Gasteiger partial charge in [0.25, 0.3) is 5.91 Å². The zero-order valence-corrected chi connectivity index (χ0v) is 11.2. The van der Waals surface area contributed by atoms with E-state index in [1.165, 1.54) is 12.8 Å². The number of hydrogen-bond acceptors (Lipinski definition) is 4. The van der Waals surface area contributed by atoms with Gasteiger partial charge in [0.15, 0.2) is 5.13 Å². The van der Waals surface area contributed by atoms with Crippen LogP contribution >= 0.6 is 11.3 Å². The molecule has 0 radical (unpaired) electrons. The highest BCUT2D eigenvalue weighted by Gasteiger charge is 2.20. The summed E-state index contributed by atoms with van der Waals surface area (Å²) in [4.78, 5) is 18.3. The van der Waals surface area contributed by atoms with Crippen molar-refractivity contribution in [1.29, 1.82) is 0 Å². The van der Waals surface area contributed by atoms with E-state index in [1.807, 2.05) is 12.3 Å². The van der Waals surface area contributed by atoms with Gasteiger partial charge in [0.1, 0.15) is 5.69 Å². The number of nitrogens with one attached hydrogen (secondary N) is 1. The lowest BCUT2D eigenvalue weighted by Gasteiger charge is -2.30. The molecule has 4 nitrogen and oxygen atoms in total. The van der Waals surface area contributed by atoms with Crippen molar-refractivity contribution < 1.29 is 4.79 Å². The highest BCUT2D eigenvalue weighted by Crippen LogP contribution is 2.25. The molecule has 0 spiro atoms. The molecule has 0 unspecified atom stereocenters. The van der Waals surface area contributed by atoms with Crippen LogP contribution in [0, 0.1) is 5.92 Å². The first-order chi connectivity index (χ1) is 8.20. The number of aromatic nitrogens is 1. The molecule has 0 aliphatic carbocycles. The number of amides is 1. The van der Waals surface area contributed by atoms with Crippen molar-refractivity contribution in [2.45, 2.75) is 26.7 Å². The number of hydrogen-bond donors (Lipinski definition) is 1. The lowest BCUT2D eigenvalue weighted by Crippen LogP contribution is -2.34. The summed E-state index contributed by atoms with van der Waals surface area (Å²) in [6.45, 7) is 6.95. The van der Waals surface area contributed by atoms with Crippen molar-refractivity contribution in [3.63, 3.8) is 0 Å². The van der Waals surface area contributed by atoms with Crippen LogP contribution in [-0.2, 0) is 0 Å². The molecule has 0 aromatic carbocycles. The number of anilines is 1. The number of carbonyl (C=O) groups is 1. The van der Waals surface area contributed by atoms with Crippen LogP contribution in [0.3, 0.4) is 0 Å². The van der Waals surface area contributed by atoms with E-state index in [0.29, 0.717) is 12.2 Å². The zero-order valence-electron chi connectivity index (χ0n) is 10.4. The third kappa shape index (κ3) is 2.97. The minimum Gasteiger partial charge on any atom is -0.351 e. The standard InChI is InChI=1S/C12H19N3OS/c1-3-13-11(16)10-8-17-12(14-10)15-6-4-5-9(2)7-15/h8-9H,3-7H2,1-2H3,(H,13,16)/t9-/m0/s1. The smallest absolute Gasteiger partial charge is 0.270 e. The second-order valence-corrected chi connectivity index (χ2v) is 5.40. The number of piperidine rings is 1. The fraction of sp³-hybridized carbons (Fsp3) is 0.667. The van der Waals surface area contributed by atoms with Crippen molar-refractivity contribution in [2.75, 3.05) is 24.5 Å². The van der Waals surface area contributed by atoms with E-state index in [-0.39, 0.29) is 5.91 Å². The van der Waals surface area contributed by atoms with E-state index in [1.54, 1.807) is 11.3 Å². The second-order valence-electron chi connectivity index (χ2n) is 4.57. The molecule has 1 saturated heterocycles. The fourth-order valence-electron chi connectivity index (χ4n) is 2.13. The third-order valence-corrected chi connectivity index (χ3v) is 3.89. The number of carbonyl (C=O) groups excluding carboxylic acids is 1. The Morgan fingerprint density at radius 1 is 1.71 bits per heavy atom. The second kappa shape index (κ2) is 5.49. The van der Waals surface area contributed by atoms with E-state index < -0.39 is 0 Å². The van der Waals surface area contributed by atoms with Crippen LogP contribution in [0.4, 0.5) is 5.13 Å². The van der Waals surface area contributed by atoms with Crippen LogP contribution in [0.1, 0.15) is 37.2 Å². The van der Waals surface area contributed by atoms with Gasteiger partial charge in [0, 0.05) is 25.0 Å². The monoisotopic (exact) mass is 253 g/mol. The van der Waals surface area contributed by atoms with Gasteiger partial charge in [-0.1, -0.05) is 6.92 Å². The fourth-order valence-corrected chi connectivity index (χ4v) is 2.97. The molecule has 1 N–H and O–H groups in total. The number of rotatable bonds is 3. The van der Waals surface area contributed by atoms with Crippen molar-refractivity contribution in [3.8, 4) is 0 Å². The molecule has 1 amide bonds. The Morgan fingerprint density at radius 2 is 2.53 bits per heavy atom. The Bertz CT molecular complexity index is 391. The summed E-state index contributed by atoms with van der Waals surface area (Å²) in [6, 6.07) is 0. The van der Waals surface area contributed by atoms with E-state index >= 15 is 0 Å². The van der Waals surface area contributed by atoms with Crippen LogP contribution in [0.2, 0.25) is 0 Å². The van der Waals surface area contributed by atoms with E-state index in [0.717, 1.165) is 24.1 Å². The molecular formula is C12H19N3OS. The SMILES string of the molecule is CCNC(=O)c1csc(N2CCC[C@H](C)C2)n1. The van der Waals surface area contributed by atoms with Gasteiger partial charge >= 0.3 is 0 Å². The summed E-state index contributed by atoms with van der Waals surface area (Å²) in [5, 5.41) is 5.60. The van der Waals surface area contributed by atoms with E-state index in [9.17, 15) is 4.79 Å². The quantitative estimate of drug-likeness (QED) is 0.897. The van der Waals surface area contributed by atoms with E-state index in [2.05, 4.69) is 22.1 Å². The average Bonchev–Trinajstić information content (AvgIpc) is 2.78. The summed E-state index contributed by atoms with van der Waals surface area (Å²) in [5.74, 6) is 0.653. The van der Waals surface area contributed by atoms with Crippen molar-refractivity contribution in [2.24, 2.45) is 5.92 Å². The van der Waals surface area contributed by atoms with Gasteiger partial charge in [0.2, 0.25) is 0 Å². The number of thiazole rings is 1. The van der Waals surface area contributed by atoms with Crippen molar-refractivity contribution in [1.82, 2.24) is 10.3 Å². The minimum absolute atomic E-state index is 0.0694. The predicted octanol–water partition coefficient (Wildman–Crippen LogP) is 2.13. The molecule has 2 heterocycles. The normalized spacial score (nSPS) is 20.4. The Hall–Kier alpha value is -1.10. The lowest BCUT2D eigenvalue weighted by molar-refractivity contribution is 0.0951. The first-order valence-electron chi connectivity index (χ1n) is 6.19. The number of nitrogens with zero attached hydrogens (tertiary/aromatic N) is 2. The maximum absolute atomic E-state index is 11.6. The first-order valence-corrected chi connectivity index (χ1v) is 7.07. The van der Waals surface area contributed by atoms with Gasteiger partial charge < -0.3 is 10.2 Å². The summed E-state index contributed by atoms with van der Waals surface area (Å²) in [5.41, 5.74) is 0.546. The lowest BCUT2D eigenvalue weighted by atomic mass is 10.0. The molecule has 1 aliphatic rings. The third-order valence-electron chi connectivity index (χ3n) is 2.99. The maximum Gasteiger partial charge on any atom is 0.270 e. The molecule has 1 aromatic rings. The van der Waals surface area contributed by atoms with Gasteiger partial charge in [-0.05, 0) is 25.7 Å². The Morgan fingerprint density at radius 3 is 3.24 bits per heavy atom. The van der Waals surface area contributed by atoms with Gasteiger partial charge in [0.05, 0.1) is 0 Å². The van der Waals surface area contributed by atoms with Crippen LogP contribution in [0.25, 0.3) is 0 Å².